The standard InChI is InChI=1S/C11H22N4O2.ClH/c1-4-12-11(17)14-10(16)7-15-5-8(2)13-9(3)6-15;/h8-9,13H,4-7H2,1-3H3,(H2,12,14,16,17);1H. The van der Waals surface area contributed by atoms with Crippen LogP contribution in [-0.4, -0.2) is 55.1 Å². The number of urea groups is 1. The lowest BCUT2D eigenvalue weighted by Crippen LogP contribution is -2.56. The fourth-order valence-electron chi connectivity index (χ4n) is 2.14. The number of carbonyl (C=O) groups is 2. The molecule has 1 saturated heterocycles. The highest BCUT2D eigenvalue weighted by Crippen LogP contribution is 2.02. The van der Waals surface area contributed by atoms with Gasteiger partial charge in [0.2, 0.25) is 5.91 Å². The van der Waals surface area contributed by atoms with E-state index >= 15 is 0 Å². The molecule has 0 aromatic heterocycles. The molecule has 2 atom stereocenters. The highest BCUT2D eigenvalue weighted by Gasteiger charge is 2.22. The summed E-state index contributed by atoms with van der Waals surface area (Å²) in [5.41, 5.74) is 0. The monoisotopic (exact) mass is 278 g/mol. The van der Waals surface area contributed by atoms with E-state index in [-0.39, 0.29) is 24.9 Å². The fraction of sp³-hybridized carbons (Fsp3) is 0.818. The summed E-state index contributed by atoms with van der Waals surface area (Å²) in [4.78, 5) is 24.8. The van der Waals surface area contributed by atoms with Crippen LogP contribution in [0.1, 0.15) is 20.8 Å². The molecule has 0 radical (unpaired) electrons. The molecule has 0 aliphatic carbocycles. The van der Waals surface area contributed by atoms with E-state index in [0.717, 1.165) is 13.1 Å². The predicted octanol–water partition coefficient (Wildman–Crippen LogP) is -0.0639. The zero-order valence-electron chi connectivity index (χ0n) is 11.2. The van der Waals surface area contributed by atoms with Crippen molar-refractivity contribution < 1.29 is 9.59 Å². The number of piperazine rings is 1. The van der Waals surface area contributed by atoms with E-state index in [1.54, 1.807) is 0 Å². The molecule has 2 unspecified atom stereocenters. The quantitative estimate of drug-likeness (QED) is 0.676. The molecule has 6 nitrogen and oxygen atoms in total. The van der Waals surface area contributed by atoms with Gasteiger partial charge in [-0.3, -0.25) is 15.0 Å². The van der Waals surface area contributed by atoms with Gasteiger partial charge in [-0.1, -0.05) is 0 Å². The Morgan fingerprint density at radius 3 is 2.33 bits per heavy atom. The molecule has 1 fully saturated rings. The normalized spacial score (nSPS) is 23.9. The number of nitrogens with zero attached hydrogens (tertiary/aromatic N) is 1. The number of amides is 3. The SMILES string of the molecule is CCNC(=O)NC(=O)CN1CC(C)NC(C)C1.Cl. The van der Waals surface area contributed by atoms with E-state index in [4.69, 9.17) is 0 Å². The Hall–Kier alpha value is -0.850. The van der Waals surface area contributed by atoms with Crippen LogP contribution < -0.4 is 16.0 Å². The fourth-order valence-corrected chi connectivity index (χ4v) is 2.14. The lowest BCUT2D eigenvalue weighted by Gasteiger charge is -2.35. The van der Waals surface area contributed by atoms with Gasteiger partial charge < -0.3 is 10.6 Å². The maximum absolute atomic E-state index is 11.6. The van der Waals surface area contributed by atoms with Gasteiger partial charge in [0.25, 0.3) is 0 Å². The molecule has 1 rings (SSSR count). The van der Waals surface area contributed by atoms with Crippen LogP contribution in [-0.2, 0) is 4.79 Å². The van der Waals surface area contributed by atoms with Crippen LogP contribution in [0.5, 0.6) is 0 Å². The Morgan fingerprint density at radius 1 is 1.28 bits per heavy atom. The molecule has 0 bridgehead atoms. The third-order valence-corrected chi connectivity index (χ3v) is 2.59. The van der Waals surface area contributed by atoms with E-state index in [9.17, 15) is 9.59 Å². The van der Waals surface area contributed by atoms with E-state index < -0.39 is 6.03 Å². The summed E-state index contributed by atoms with van der Waals surface area (Å²) in [6, 6.07) is 0.320. The second-order valence-electron chi connectivity index (χ2n) is 4.57. The average Bonchev–Trinajstić information content (AvgIpc) is 2.14. The maximum atomic E-state index is 11.6. The van der Waals surface area contributed by atoms with Gasteiger partial charge in [0, 0.05) is 31.7 Å². The van der Waals surface area contributed by atoms with Gasteiger partial charge in [-0.25, -0.2) is 4.79 Å². The third-order valence-electron chi connectivity index (χ3n) is 2.59. The number of hydrogen-bond acceptors (Lipinski definition) is 4. The number of nitrogens with one attached hydrogen (secondary N) is 3. The molecule has 1 aliphatic heterocycles. The Balaban J connectivity index is 0.00000289. The summed E-state index contributed by atoms with van der Waals surface area (Å²) < 4.78 is 0. The third kappa shape index (κ3) is 6.18. The summed E-state index contributed by atoms with van der Waals surface area (Å²) >= 11 is 0. The van der Waals surface area contributed by atoms with Crippen LogP contribution >= 0.6 is 12.4 Å². The van der Waals surface area contributed by atoms with Gasteiger partial charge in [-0.05, 0) is 20.8 Å². The topological polar surface area (TPSA) is 73.5 Å². The van der Waals surface area contributed by atoms with Gasteiger partial charge in [0.15, 0.2) is 0 Å². The van der Waals surface area contributed by atoms with Gasteiger partial charge in [0.1, 0.15) is 0 Å². The minimum Gasteiger partial charge on any atom is -0.338 e. The molecule has 106 valence electrons. The number of hydrogen-bond donors (Lipinski definition) is 3. The number of carbonyl (C=O) groups excluding carboxylic acids is 2. The second-order valence-corrected chi connectivity index (χ2v) is 4.57. The molecule has 0 aromatic carbocycles. The van der Waals surface area contributed by atoms with Gasteiger partial charge in [-0.15, -0.1) is 12.4 Å². The van der Waals surface area contributed by atoms with Crippen LogP contribution in [0.2, 0.25) is 0 Å². The summed E-state index contributed by atoms with van der Waals surface area (Å²) in [7, 11) is 0. The van der Waals surface area contributed by atoms with Crippen molar-refractivity contribution in [3.8, 4) is 0 Å². The molecule has 1 aliphatic rings. The smallest absolute Gasteiger partial charge is 0.321 e. The summed E-state index contributed by atoms with van der Waals surface area (Å²) in [6.07, 6.45) is 0. The van der Waals surface area contributed by atoms with Crippen molar-refractivity contribution in [3.63, 3.8) is 0 Å². The zero-order valence-corrected chi connectivity index (χ0v) is 12.0. The van der Waals surface area contributed by atoms with Crippen molar-refractivity contribution in [1.29, 1.82) is 0 Å². The first-order chi connectivity index (χ1) is 8.01. The van der Waals surface area contributed by atoms with E-state index in [0.29, 0.717) is 18.6 Å². The molecule has 0 saturated carbocycles. The Kier molecular flexibility index (Phi) is 7.90. The number of imide groups is 1. The average molecular weight is 279 g/mol. The highest BCUT2D eigenvalue weighted by atomic mass is 35.5. The van der Waals surface area contributed by atoms with Crippen molar-refractivity contribution in [2.24, 2.45) is 0 Å². The second kappa shape index (κ2) is 8.29. The van der Waals surface area contributed by atoms with Gasteiger partial charge in [-0.2, -0.15) is 0 Å². The summed E-state index contributed by atoms with van der Waals surface area (Å²) in [6.45, 7) is 8.42. The minimum absolute atomic E-state index is 0. The number of halogens is 1. The minimum atomic E-state index is -0.422. The summed E-state index contributed by atoms with van der Waals surface area (Å²) in [5.74, 6) is -0.253. The maximum Gasteiger partial charge on any atom is 0.321 e. The summed E-state index contributed by atoms with van der Waals surface area (Å²) in [5, 5.41) is 8.23. The molecule has 3 amide bonds. The molecule has 1 heterocycles. The largest absolute Gasteiger partial charge is 0.338 e. The van der Waals surface area contributed by atoms with Crippen LogP contribution in [0.15, 0.2) is 0 Å². The van der Waals surface area contributed by atoms with E-state index in [1.165, 1.54) is 0 Å². The van der Waals surface area contributed by atoms with Crippen molar-refractivity contribution in [2.75, 3.05) is 26.2 Å². The Bertz CT molecular complexity index is 278. The van der Waals surface area contributed by atoms with Crippen LogP contribution in [0.4, 0.5) is 4.79 Å². The van der Waals surface area contributed by atoms with Crippen LogP contribution in [0.3, 0.4) is 0 Å². The molecular weight excluding hydrogens is 256 g/mol. The predicted molar refractivity (Wildman–Crippen MR) is 73.0 cm³/mol. The van der Waals surface area contributed by atoms with E-state index in [2.05, 4.69) is 34.7 Å². The van der Waals surface area contributed by atoms with Crippen molar-refractivity contribution in [3.05, 3.63) is 0 Å². The zero-order chi connectivity index (χ0) is 12.8. The van der Waals surface area contributed by atoms with Crippen molar-refractivity contribution in [1.82, 2.24) is 20.9 Å². The molecule has 7 heteroatoms. The first-order valence-corrected chi connectivity index (χ1v) is 6.07. The number of rotatable bonds is 3. The van der Waals surface area contributed by atoms with Crippen molar-refractivity contribution >= 4 is 24.3 Å². The molecule has 0 aromatic rings. The van der Waals surface area contributed by atoms with Crippen LogP contribution in [0.25, 0.3) is 0 Å². The lowest BCUT2D eigenvalue weighted by molar-refractivity contribution is -0.121. The van der Waals surface area contributed by atoms with Crippen molar-refractivity contribution in [2.45, 2.75) is 32.9 Å². The molecule has 18 heavy (non-hydrogen) atoms. The first-order valence-electron chi connectivity index (χ1n) is 6.07. The van der Waals surface area contributed by atoms with Gasteiger partial charge >= 0.3 is 6.03 Å². The first kappa shape index (κ1) is 17.2. The van der Waals surface area contributed by atoms with Gasteiger partial charge in [0.05, 0.1) is 6.54 Å². The van der Waals surface area contributed by atoms with Crippen LogP contribution in [0, 0.1) is 0 Å². The lowest BCUT2D eigenvalue weighted by atomic mass is 10.1. The molecule has 3 N–H and O–H groups in total. The Labute approximate surface area is 114 Å². The van der Waals surface area contributed by atoms with E-state index in [1.807, 2.05) is 6.92 Å². The highest BCUT2D eigenvalue weighted by molar-refractivity contribution is 5.95. The molecular formula is C11H23ClN4O2. The molecule has 0 spiro atoms. The Morgan fingerprint density at radius 2 is 1.83 bits per heavy atom.